The van der Waals surface area contributed by atoms with Gasteiger partial charge in [-0.2, -0.15) is 0 Å². The Morgan fingerprint density at radius 2 is 1.73 bits per heavy atom. The maximum atomic E-state index is 12.5. The number of phosphoric ester groups is 2. The van der Waals surface area contributed by atoms with Crippen molar-refractivity contribution in [3.05, 3.63) is 33.1 Å². The molecule has 2 fully saturated rings. The number of H-pyrrole nitrogens is 1. The molecule has 2 aliphatic heterocycles. The SMILES string of the molecule is COCCOCC(=O)NC1[C@@H](OP(=O)([O-])OP(=O)([O-])OCC2OC(n3ccc(=O)[nH]c3=O)[C@H](O)[C@@H]2O)OC(CO)[C@H](O)[C@@H]1O. The van der Waals surface area contributed by atoms with Gasteiger partial charge >= 0.3 is 5.69 Å². The normalized spacial score (nSPS) is 33.4. The van der Waals surface area contributed by atoms with Crippen molar-refractivity contribution in [1.82, 2.24) is 14.9 Å². The van der Waals surface area contributed by atoms with Gasteiger partial charge in [-0.1, -0.05) is 0 Å². The summed E-state index contributed by atoms with van der Waals surface area (Å²) in [6.07, 6.45) is -13.8. The highest BCUT2D eigenvalue weighted by atomic mass is 31.3. The van der Waals surface area contributed by atoms with E-state index >= 15 is 0 Å². The lowest BCUT2D eigenvalue weighted by Crippen LogP contribution is -2.65. The zero-order valence-corrected chi connectivity index (χ0v) is 24.5. The lowest BCUT2D eigenvalue weighted by Gasteiger charge is -2.44. The van der Waals surface area contributed by atoms with Gasteiger partial charge in [-0.05, 0) is 0 Å². The number of aliphatic hydroxyl groups is 5. The van der Waals surface area contributed by atoms with Crippen molar-refractivity contribution in [2.45, 2.75) is 55.2 Å². The van der Waals surface area contributed by atoms with Crippen LogP contribution in [0.5, 0.6) is 0 Å². The van der Waals surface area contributed by atoms with Crippen LogP contribution in [0, 0.1) is 0 Å². The van der Waals surface area contributed by atoms with Gasteiger partial charge in [0, 0.05) is 19.4 Å². The summed E-state index contributed by atoms with van der Waals surface area (Å²) in [5, 5.41) is 52.5. The van der Waals surface area contributed by atoms with Crippen LogP contribution in [0.1, 0.15) is 6.23 Å². The minimum atomic E-state index is -6.02. The number of amides is 1. The standard InChI is InChI=1S/C20H33N3O19P2/c1-36-4-5-37-8-12(26)21-13-16(29)14(27)9(6-24)40-19(13)41-44(34,35)42-43(32,33)38-7-10-15(28)17(30)18(39-10)23-3-2-11(25)22-20(23)31/h2-3,9-10,13-19,24,27-30H,4-8H2,1H3,(H,21,26)(H,32,33)(H,34,35)(H,22,25,31)/p-2/t9?,10?,13?,14-,15+,16+,17+,18?,19+/m0/s1. The number of aromatic nitrogens is 2. The maximum absolute atomic E-state index is 12.5. The highest BCUT2D eigenvalue weighted by Gasteiger charge is 2.48. The fraction of sp³-hybridized carbons (Fsp3) is 0.750. The van der Waals surface area contributed by atoms with Crippen LogP contribution in [0.2, 0.25) is 0 Å². The Balaban J connectivity index is 1.64. The average molecular weight is 679 g/mol. The summed E-state index contributed by atoms with van der Waals surface area (Å²) in [5.74, 6) is -0.948. The minimum absolute atomic E-state index is 0.0145. The Morgan fingerprint density at radius 3 is 2.36 bits per heavy atom. The van der Waals surface area contributed by atoms with Crippen LogP contribution in [0.15, 0.2) is 21.9 Å². The molecular formula is C20H31N3O19P2-2. The van der Waals surface area contributed by atoms with Crippen molar-refractivity contribution in [3.63, 3.8) is 0 Å². The number of rotatable bonds is 15. The molecule has 7 N–H and O–H groups in total. The number of aromatic amines is 1. The fourth-order valence-corrected chi connectivity index (χ4v) is 6.13. The molecule has 0 radical (unpaired) electrons. The lowest BCUT2D eigenvalue weighted by molar-refractivity contribution is -0.285. The van der Waals surface area contributed by atoms with E-state index < -0.39 is 108 Å². The molecule has 0 saturated carbocycles. The zero-order valence-electron chi connectivity index (χ0n) is 22.7. The summed E-state index contributed by atoms with van der Waals surface area (Å²) in [5.41, 5.74) is -1.80. The number of carbonyl (C=O) groups excluding carboxylic acids is 1. The molecule has 22 nitrogen and oxygen atoms in total. The third-order valence-electron chi connectivity index (χ3n) is 6.17. The molecule has 2 aliphatic rings. The van der Waals surface area contributed by atoms with E-state index in [0.29, 0.717) is 4.57 Å². The number of hydrogen-bond acceptors (Lipinski definition) is 19. The first-order valence-corrected chi connectivity index (χ1v) is 15.5. The molecular weight excluding hydrogens is 648 g/mol. The third kappa shape index (κ3) is 9.53. The van der Waals surface area contributed by atoms with Crippen LogP contribution in [-0.2, 0) is 46.2 Å². The van der Waals surface area contributed by atoms with E-state index in [4.69, 9.17) is 18.9 Å². The Kier molecular flexibility index (Phi) is 12.9. The first-order chi connectivity index (χ1) is 20.6. The second-order valence-corrected chi connectivity index (χ2v) is 12.2. The second-order valence-electron chi connectivity index (χ2n) is 9.29. The topological polar surface area (TPSA) is 330 Å². The Labute approximate surface area is 246 Å². The summed E-state index contributed by atoms with van der Waals surface area (Å²) in [6, 6.07) is -0.953. The molecule has 11 atom stereocenters. The smallest absolute Gasteiger partial charge is 0.330 e. The van der Waals surface area contributed by atoms with Gasteiger partial charge in [0.05, 0.1) is 26.4 Å². The second kappa shape index (κ2) is 15.6. The molecule has 3 rings (SSSR count). The zero-order chi connectivity index (χ0) is 32.8. The molecule has 1 aromatic rings. The first kappa shape index (κ1) is 36.5. The lowest BCUT2D eigenvalue weighted by atomic mass is 9.97. The summed E-state index contributed by atoms with van der Waals surface area (Å²) >= 11 is 0. The molecule has 44 heavy (non-hydrogen) atoms. The van der Waals surface area contributed by atoms with Gasteiger partial charge in [-0.3, -0.25) is 32.8 Å². The molecule has 3 heterocycles. The monoisotopic (exact) mass is 679 g/mol. The van der Waals surface area contributed by atoms with Gasteiger partial charge in [0.2, 0.25) is 5.91 Å². The van der Waals surface area contributed by atoms with Crippen LogP contribution in [0.4, 0.5) is 0 Å². The number of carbonyl (C=O) groups is 1. The van der Waals surface area contributed by atoms with E-state index in [0.717, 1.165) is 12.3 Å². The van der Waals surface area contributed by atoms with Crippen LogP contribution in [-0.4, -0.2) is 130 Å². The van der Waals surface area contributed by atoms with Crippen molar-refractivity contribution in [2.24, 2.45) is 0 Å². The van der Waals surface area contributed by atoms with Crippen molar-refractivity contribution in [2.75, 3.05) is 40.1 Å². The summed E-state index contributed by atoms with van der Waals surface area (Å²) < 4.78 is 58.6. The molecule has 0 aromatic carbocycles. The minimum Gasteiger partial charge on any atom is -0.756 e. The van der Waals surface area contributed by atoms with Gasteiger partial charge in [0.25, 0.3) is 21.2 Å². The molecule has 1 amide bonds. The fourth-order valence-electron chi connectivity index (χ4n) is 4.04. The molecule has 2 saturated heterocycles. The van der Waals surface area contributed by atoms with Crippen LogP contribution in [0.3, 0.4) is 0 Å². The van der Waals surface area contributed by atoms with E-state index in [1.807, 2.05) is 4.98 Å². The van der Waals surface area contributed by atoms with Gasteiger partial charge in [-0.15, -0.1) is 0 Å². The Hall–Kier alpha value is -1.95. The number of aliphatic hydroxyl groups excluding tert-OH is 5. The van der Waals surface area contributed by atoms with E-state index in [1.165, 1.54) is 7.11 Å². The van der Waals surface area contributed by atoms with Crippen LogP contribution in [0.25, 0.3) is 0 Å². The highest BCUT2D eigenvalue weighted by molar-refractivity contribution is 7.59. The van der Waals surface area contributed by atoms with Crippen molar-refractivity contribution in [3.8, 4) is 0 Å². The number of ether oxygens (including phenoxy) is 4. The molecule has 0 bridgehead atoms. The number of methoxy groups -OCH3 is 1. The summed E-state index contributed by atoms with van der Waals surface area (Å²) in [6.45, 7) is -2.61. The quantitative estimate of drug-likeness (QED) is 0.0669. The van der Waals surface area contributed by atoms with Gasteiger partial charge in [0.1, 0.15) is 49.3 Å². The molecule has 252 valence electrons. The van der Waals surface area contributed by atoms with Crippen LogP contribution >= 0.6 is 15.6 Å². The first-order valence-electron chi connectivity index (χ1n) is 12.6. The number of nitrogens with zero attached hydrogens (tertiary/aromatic N) is 1. The largest absolute Gasteiger partial charge is 0.756 e. The van der Waals surface area contributed by atoms with Gasteiger partial charge in [0.15, 0.2) is 12.5 Å². The highest BCUT2D eigenvalue weighted by Crippen LogP contribution is 2.57. The molecule has 24 heteroatoms. The van der Waals surface area contributed by atoms with E-state index in [2.05, 4.69) is 18.7 Å². The van der Waals surface area contributed by atoms with Crippen molar-refractivity contribution in [1.29, 1.82) is 0 Å². The van der Waals surface area contributed by atoms with Crippen molar-refractivity contribution < 1.29 is 81.5 Å². The molecule has 6 unspecified atom stereocenters. The Bertz CT molecular complexity index is 1330. The predicted molar refractivity (Wildman–Crippen MR) is 133 cm³/mol. The molecule has 0 aliphatic carbocycles. The van der Waals surface area contributed by atoms with Crippen LogP contribution < -0.4 is 26.4 Å². The van der Waals surface area contributed by atoms with E-state index in [1.54, 1.807) is 0 Å². The van der Waals surface area contributed by atoms with E-state index in [9.17, 15) is 58.8 Å². The van der Waals surface area contributed by atoms with Gasteiger partial charge < -0.3 is 64.1 Å². The summed E-state index contributed by atoms with van der Waals surface area (Å²) in [7, 11) is -10.5. The molecule has 0 spiro atoms. The van der Waals surface area contributed by atoms with E-state index in [-0.39, 0.29) is 13.2 Å². The number of nitrogens with one attached hydrogen (secondary N) is 2. The predicted octanol–water partition coefficient (Wildman–Crippen LogP) is -6.27. The summed E-state index contributed by atoms with van der Waals surface area (Å²) in [4.78, 5) is 62.1. The van der Waals surface area contributed by atoms with Crippen molar-refractivity contribution >= 4 is 21.6 Å². The average Bonchev–Trinajstić information content (AvgIpc) is 3.22. The number of phosphoric acid groups is 2. The Morgan fingerprint density at radius 1 is 1.05 bits per heavy atom. The maximum Gasteiger partial charge on any atom is 0.330 e. The number of hydrogen-bond donors (Lipinski definition) is 7. The van der Waals surface area contributed by atoms with Gasteiger partial charge in [-0.25, -0.2) is 9.11 Å². The third-order valence-corrected chi connectivity index (χ3v) is 8.70. The molecule has 1 aromatic heterocycles.